The van der Waals surface area contributed by atoms with Crippen LogP contribution in [0.2, 0.25) is 0 Å². The molecule has 0 aliphatic carbocycles. The zero-order valence-corrected chi connectivity index (χ0v) is 14.6. The first kappa shape index (κ1) is 18.7. The first-order chi connectivity index (χ1) is 12.2. The van der Waals surface area contributed by atoms with Gasteiger partial charge in [0.05, 0.1) is 6.61 Å². The molecule has 4 nitrogen and oxygen atoms in total. The minimum atomic E-state index is -0.343. The van der Waals surface area contributed by atoms with Crippen LogP contribution in [-0.2, 0) is 14.3 Å². The quantitative estimate of drug-likeness (QED) is 0.375. The highest BCUT2D eigenvalue weighted by atomic mass is 16.5. The van der Waals surface area contributed by atoms with Crippen molar-refractivity contribution in [1.29, 1.82) is 0 Å². The summed E-state index contributed by atoms with van der Waals surface area (Å²) < 4.78 is 10.6. The van der Waals surface area contributed by atoms with Crippen molar-refractivity contribution < 1.29 is 19.1 Å². The van der Waals surface area contributed by atoms with Crippen LogP contribution < -0.4 is 4.74 Å². The predicted molar refractivity (Wildman–Crippen MR) is 97.2 cm³/mol. The molecule has 0 amide bonds. The number of ether oxygens (including phenoxy) is 2. The van der Waals surface area contributed by atoms with Crippen molar-refractivity contribution >= 4 is 11.9 Å². The van der Waals surface area contributed by atoms with Crippen LogP contribution in [0.15, 0.2) is 54.6 Å². The second-order valence-electron chi connectivity index (χ2n) is 5.76. The summed E-state index contributed by atoms with van der Waals surface area (Å²) >= 11 is 0. The number of carbonyl (C=O) groups excluding carboxylic acids is 2. The summed E-state index contributed by atoms with van der Waals surface area (Å²) in [5, 5.41) is 0. The number of carbonyl (C=O) groups is 2. The van der Waals surface area contributed by atoms with Crippen molar-refractivity contribution in [1.82, 2.24) is 0 Å². The summed E-state index contributed by atoms with van der Waals surface area (Å²) in [6, 6.07) is 17.2. The summed E-state index contributed by atoms with van der Waals surface area (Å²) in [6.45, 7) is 2.49. The molecule has 0 fully saturated rings. The van der Waals surface area contributed by atoms with Crippen molar-refractivity contribution in [2.75, 3.05) is 6.61 Å². The summed E-state index contributed by atoms with van der Waals surface area (Å²) in [7, 11) is 0. The van der Waals surface area contributed by atoms with Gasteiger partial charge in [-0.3, -0.25) is 9.59 Å². The zero-order valence-electron chi connectivity index (χ0n) is 14.6. The molecule has 0 unspecified atom stereocenters. The standard InChI is InChI=1S/C21H24O4/c1-2-3-16-24-20(22)14-9-15-21(23)25-19-13-8-7-12-18(19)17-10-5-4-6-11-17/h4-8,10-13H,2-3,9,14-16H2,1H3. The van der Waals surface area contributed by atoms with Gasteiger partial charge in [0.25, 0.3) is 0 Å². The molecular formula is C21H24O4. The van der Waals surface area contributed by atoms with Crippen LogP contribution in [0.25, 0.3) is 11.1 Å². The number of para-hydroxylation sites is 1. The lowest BCUT2D eigenvalue weighted by atomic mass is 10.1. The Hall–Kier alpha value is -2.62. The molecule has 2 aromatic rings. The van der Waals surface area contributed by atoms with E-state index in [-0.39, 0.29) is 24.8 Å². The van der Waals surface area contributed by atoms with E-state index in [9.17, 15) is 9.59 Å². The van der Waals surface area contributed by atoms with E-state index in [1.807, 2.05) is 55.5 Å². The van der Waals surface area contributed by atoms with Gasteiger partial charge >= 0.3 is 11.9 Å². The minimum absolute atomic E-state index is 0.187. The number of rotatable bonds is 9. The van der Waals surface area contributed by atoms with Crippen LogP contribution in [0.4, 0.5) is 0 Å². The average Bonchev–Trinajstić information content (AvgIpc) is 2.63. The molecule has 132 valence electrons. The second kappa shape index (κ2) is 10.3. The van der Waals surface area contributed by atoms with E-state index in [0.29, 0.717) is 18.8 Å². The maximum Gasteiger partial charge on any atom is 0.311 e. The van der Waals surface area contributed by atoms with Crippen molar-refractivity contribution in [3.8, 4) is 16.9 Å². The SMILES string of the molecule is CCCCOC(=O)CCCC(=O)Oc1ccccc1-c1ccccc1. The molecule has 0 aromatic heterocycles. The van der Waals surface area contributed by atoms with Crippen molar-refractivity contribution in [3.63, 3.8) is 0 Å². The maximum atomic E-state index is 12.1. The molecule has 0 atom stereocenters. The van der Waals surface area contributed by atoms with Crippen LogP contribution in [0.5, 0.6) is 5.75 Å². The maximum absolute atomic E-state index is 12.1. The number of esters is 2. The number of hydrogen-bond donors (Lipinski definition) is 0. The van der Waals surface area contributed by atoms with E-state index in [0.717, 1.165) is 24.0 Å². The topological polar surface area (TPSA) is 52.6 Å². The Bertz CT molecular complexity index is 679. The van der Waals surface area contributed by atoms with Crippen molar-refractivity contribution in [3.05, 3.63) is 54.6 Å². The molecule has 0 bridgehead atoms. The van der Waals surface area contributed by atoms with E-state index in [1.54, 1.807) is 6.07 Å². The molecule has 0 N–H and O–H groups in total. The third kappa shape index (κ3) is 6.42. The smallest absolute Gasteiger partial charge is 0.311 e. The summed E-state index contributed by atoms with van der Waals surface area (Å²) in [5.74, 6) is -0.0695. The van der Waals surface area contributed by atoms with Gasteiger partial charge in [-0.25, -0.2) is 0 Å². The minimum Gasteiger partial charge on any atom is -0.466 e. The fourth-order valence-corrected chi connectivity index (χ4v) is 2.37. The van der Waals surface area contributed by atoms with E-state index in [4.69, 9.17) is 9.47 Å². The Balaban J connectivity index is 1.84. The summed E-state index contributed by atoms with van der Waals surface area (Å²) in [5.41, 5.74) is 1.86. The molecule has 0 saturated carbocycles. The van der Waals surface area contributed by atoms with Gasteiger partial charge in [0.2, 0.25) is 0 Å². The molecule has 2 rings (SSSR count). The fraction of sp³-hybridized carbons (Fsp3) is 0.333. The summed E-state index contributed by atoms with van der Waals surface area (Å²) in [6.07, 6.45) is 2.70. The molecular weight excluding hydrogens is 316 g/mol. The first-order valence-electron chi connectivity index (χ1n) is 8.71. The van der Waals surface area contributed by atoms with Gasteiger partial charge in [-0.15, -0.1) is 0 Å². The Morgan fingerprint density at radius 1 is 0.840 bits per heavy atom. The Kier molecular flexibility index (Phi) is 7.70. The summed E-state index contributed by atoms with van der Waals surface area (Å²) in [4.78, 5) is 23.6. The first-order valence-corrected chi connectivity index (χ1v) is 8.71. The van der Waals surface area contributed by atoms with Gasteiger partial charge in [-0.1, -0.05) is 61.9 Å². The average molecular weight is 340 g/mol. The lowest BCUT2D eigenvalue weighted by molar-refractivity contribution is -0.144. The van der Waals surface area contributed by atoms with Gasteiger partial charge in [-0.2, -0.15) is 0 Å². The lowest BCUT2D eigenvalue weighted by Crippen LogP contribution is -2.11. The van der Waals surface area contributed by atoms with Gasteiger partial charge in [0.1, 0.15) is 5.75 Å². The van der Waals surface area contributed by atoms with Crippen molar-refractivity contribution in [2.24, 2.45) is 0 Å². The van der Waals surface area contributed by atoms with E-state index in [1.165, 1.54) is 0 Å². The molecule has 0 saturated heterocycles. The Morgan fingerprint density at radius 2 is 1.52 bits per heavy atom. The highest BCUT2D eigenvalue weighted by Crippen LogP contribution is 2.29. The largest absolute Gasteiger partial charge is 0.466 e. The molecule has 0 radical (unpaired) electrons. The molecule has 25 heavy (non-hydrogen) atoms. The van der Waals surface area contributed by atoms with Crippen LogP contribution in [0.3, 0.4) is 0 Å². The highest BCUT2D eigenvalue weighted by molar-refractivity contribution is 5.78. The van der Waals surface area contributed by atoms with Crippen LogP contribution >= 0.6 is 0 Å². The fourth-order valence-electron chi connectivity index (χ4n) is 2.37. The van der Waals surface area contributed by atoms with Crippen LogP contribution in [0, 0.1) is 0 Å². The molecule has 4 heteroatoms. The Morgan fingerprint density at radius 3 is 2.28 bits per heavy atom. The molecule has 2 aromatic carbocycles. The predicted octanol–water partition coefficient (Wildman–Crippen LogP) is 4.77. The van der Waals surface area contributed by atoms with Gasteiger partial charge in [0, 0.05) is 18.4 Å². The van der Waals surface area contributed by atoms with E-state index < -0.39 is 0 Å². The molecule has 0 aliphatic rings. The second-order valence-corrected chi connectivity index (χ2v) is 5.76. The van der Waals surface area contributed by atoms with Crippen molar-refractivity contribution in [2.45, 2.75) is 39.0 Å². The highest BCUT2D eigenvalue weighted by Gasteiger charge is 2.11. The van der Waals surface area contributed by atoms with Crippen LogP contribution in [0.1, 0.15) is 39.0 Å². The third-order valence-corrected chi connectivity index (χ3v) is 3.72. The van der Waals surface area contributed by atoms with E-state index >= 15 is 0 Å². The monoisotopic (exact) mass is 340 g/mol. The van der Waals surface area contributed by atoms with Gasteiger partial charge in [0.15, 0.2) is 0 Å². The number of benzene rings is 2. The molecule has 0 spiro atoms. The molecule has 0 heterocycles. The number of hydrogen-bond acceptors (Lipinski definition) is 4. The lowest BCUT2D eigenvalue weighted by Gasteiger charge is -2.10. The van der Waals surface area contributed by atoms with Gasteiger partial charge in [-0.05, 0) is 24.5 Å². The zero-order chi connectivity index (χ0) is 17.9. The van der Waals surface area contributed by atoms with Gasteiger partial charge < -0.3 is 9.47 Å². The molecule has 0 aliphatic heterocycles. The van der Waals surface area contributed by atoms with E-state index in [2.05, 4.69) is 0 Å². The number of unbranched alkanes of at least 4 members (excludes halogenated alkanes) is 1. The third-order valence-electron chi connectivity index (χ3n) is 3.72. The normalized spacial score (nSPS) is 10.3. The Labute approximate surface area is 148 Å². The van der Waals surface area contributed by atoms with Crippen LogP contribution in [-0.4, -0.2) is 18.5 Å².